The first-order chi connectivity index (χ1) is 7.29. The second-order valence-electron chi connectivity index (χ2n) is 5.61. The van der Waals surface area contributed by atoms with Crippen LogP contribution in [0.3, 0.4) is 0 Å². The molecule has 2 fully saturated rings. The monoisotopic (exact) mass is 209 g/mol. The molecule has 2 rings (SSSR count). The summed E-state index contributed by atoms with van der Waals surface area (Å²) in [4.78, 5) is 2.73. The third-order valence-electron chi connectivity index (χ3n) is 4.91. The Hall–Kier alpha value is -0.0400. The van der Waals surface area contributed by atoms with Crippen LogP contribution in [0.4, 0.5) is 0 Å². The SMILES string of the molecule is CCCC1C2CCCCC2N(C)C1CC. The first kappa shape index (κ1) is 11.4. The Morgan fingerprint density at radius 3 is 2.53 bits per heavy atom. The Balaban J connectivity index is 2.12. The van der Waals surface area contributed by atoms with E-state index in [1.165, 1.54) is 44.9 Å². The second kappa shape index (κ2) is 4.86. The van der Waals surface area contributed by atoms with Gasteiger partial charge in [-0.2, -0.15) is 0 Å². The van der Waals surface area contributed by atoms with Crippen LogP contribution in [0, 0.1) is 11.8 Å². The first-order valence-electron chi connectivity index (χ1n) is 7.01. The van der Waals surface area contributed by atoms with Gasteiger partial charge in [-0.05, 0) is 44.6 Å². The topological polar surface area (TPSA) is 3.24 Å². The van der Waals surface area contributed by atoms with E-state index >= 15 is 0 Å². The average Bonchev–Trinajstić information content (AvgIpc) is 2.54. The number of nitrogens with zero attached hydrogens (tertiary/aromatic N) is 1. The molecule has 1 aliphatic carbocycles. The van der Waals surface area contributed by atoms with Crippen molar-refractivity contribution in [1.82, 2.24) is 4.90 Å². The summed E-state index contributed by atoms with van der Waals surface area (Å²) in [5.74, 6) is 2.05. The van der Waals surface area contributed by atoms with E-state index < -0.39 is 0 Å². The maximum absolute atomic E-state index is 2.73. The third kappa shape index (κ3) is 1.95. The zero-order valence-corrected chi connectivity index (χ0v) is 10.7. The van der Waals surface area contributed by atoms with Gasteiger partial charge < -0.3 is 0 Å². The van der Waals surface area contributed by atoms with Gasteiger partial charge in [0, 0.05) is 12.1 Å². The Morgan fingerprint density at radius 1 is 1.13 bits per heavy atom. The summed E-state index contributed by atoms with van der Waals surface area (Å²) in [5, 5.41) is 0. The summed E-state index contributed by atoms with van der Waals surface area (Å²) in [6.45, 7) is 4.73. The van der Waals surface area contributed by atoms with Crippen LogP contribution in [0.25, 0.3) is 0 Å². The van der Waals surface area contributed by atoms with Crippen LogP contribution in [-0.2, 0) is 0 Å². The van der Waals surface area contributed by atoms with Crippen molar-refractivity contribution in [3.8, 4) is 0 Å². The minimum atomic E-state index is 0.887. The Bertz CT molecular complexity index is 202. The molecule has 0 radical (unpaired) electrons. The van der Waals surface area contributed by atoms with Crippen molar-refractivity contribution in [2.24, 2.45) is 11.8 Å². The van der Waals surface area contributed by atoms with Crippen molar-refractivity contribution in [2.75, 3.05) is 7.05 Å². The molecular weight excluding hydrogens is 182 g/mol. The molecule has 0 amide bonds. The van der Waals surface area contributed by atoms with Gasteiger partial charge in [-0.15, -0.1) is 0 Å². The largest absolute Gasteiger partial charge is 0.300 e. The fourth-order valence-electron chi connectivity index (χ4n) is 4.31. The van der Waals surface area contributed by atoms with Gasteiger partial charge in [-0.1, -0.05) is 33.1 Å². The van der Waals surface area contributed by atoms with Crippen molar-refractivity contribution in [3.63, 3.8) is 0 Å². The molecule has 0 N–H and O–H groups in total. The van der Waals surface area contributed by atoms with Crippen LogP contribution in [0.15, 0.2) is 0 Å². The van der Waals surface area contributed by atoms with Crippen LogP contribution in [0.2, 0.25) is 0 Å². The third-order valence-corrected chi connectivity index (χ3v) is 4.91. The van der Waals surface area contributed by atoms with E-state index in [1.807, 2.05) is 0 Å². The van der Waals surface area contributed by atoms with E-state index in [0.717, 1.165) is 23.9 Å². The lowest BCUT2D eigenvalue weighted by molar-refractivity contribution is 0.184. The quantitative estimate of drug-likeness (QED) is 0.685. The van der Waals surface area contributed by atoms with Crippen LogP contribution < -0.4 is 0 Å². The number of fused-ring (bicyclic) bond motifs is 1. The molecule has 1 saturated carbocycles. The molecule has 1 heterocycles. The van der Waals surface area contributed by atoms with Crippen molar-refractivity contribution in [3.05, 3.63) is 0 Å². The highest BCUT2D eigenvalue weighted by Gasteiger charge is 2.45. The van der Waals surface area contributed by atoms with Gasteiger partial charge in [0.2, 0.25) is 0 Å². The van der Waals surface area contributed by atoms with Gasteiger partial charge in [0.05, 0.1) is 0 Å². The summed E-state index contributed by atoms with van der Waals surface area (Å²) in [7, 11) is 2.38. The standard InChI is InChI=1S/C14H27N/c1-4-8-11-12-9-6-7-10-14(12)15(3)13(11)5-2/h11-14H,4-10H2,1-3H3. The Morgan fingerprint density at radius 2 is 1.87 bits per heavy atom. The van der Waals surface area contributed by atoms with E-state index in [1.54, 1.807) is 0 Å². The molecule has 0 aromatic heterocycles. The summed E-state index contributed by atoms with van der Waals surface area (Å²) < 4.78 is 0. The molecule has 0 aromatic carbocycles. The maximum atomic E-state index is 2.73. The van der Waals surface area contributed by atoms with E-state index in [4.69, 9.17) is 0 Å². The normalized spacial score (nSPS) is 41.8. The Kier molecular flexibility index (Phi) is 3.71. The van der Waals surface area contributed by atoms with Crippen LogP contribution in [-0.4, -0.2) is 24.0 Å². The molecule has 4 atom stereocenters. The predicted octanol–water partition coefficient (Wildman–Crippen LogP) is 3.69. The lowest BCUT2D eigenvalue weighted by Gasteiger charge is -2.30. The van der Waals surface area contributed by atoms with Gasteiger partial charge in [0.25, 0.3) is 0 Å². The van der Waals surface area contributed by atoms with Gasteiger partial charge in [-0.3, -0.25) is 4.90 Å². The second-order valence-corrected chi connectivity index (χ2v) is 5.61. The number of rotatable bonds is 3. The number of hydrogen-bond acceptors (Lipinski definition) is 1. The van der Waals surface area contributed by atoms with Crippen LogP contribution in [0.1, 0.15) is 58.8 Å². The molecule has 1 nitrogen and oxygen atoms in total. The first-order valence-corrected chi connectivity index (χ1v) is 7.01. The minimum absolute atomic E-state index is 0.887. The summed E-state index contributed by atoms with van der Waals surface area (Å²) >= 11 is 0. The molecule has 1 heteroatoms. The Labute approximate surface area is 95.2 Å². The van der Waals surface area contributed by atoms with Gasteiger partial charge in [-0.25, -0.2) is 0 Å². The van der Waals surface area contributed by atoms with Gasteiger partial charge >= 0.3 is 0 Å². The highest BCUT2D eigenvalue weighted by molar-refractivity contribution is 4.99. The molecule has 0 spiro atoms. The number of hydrogen-bond donors (Lipinski definition) is 0. The van der Waals surface area contributed by atoms with Gasteiger partial charge in [0.15, 0.2) is 0 Å². The molecule has 88 valence electrons. The van der Waals surface area contributed by atoms with E-state index in [-0.39, 0.29) is 0 Å². The summed E-state index contributed by atoms with van der Waals surface area (Å²) in [6, 6.07) is 1.82. The zero-order chi connectivity index (χ0) is 10.8. The lowest BCUT2D eigenvalue weighted by Crippen LogP contribution is -2.35. The van der Waals surface area contributed by atoms with Crippen molar-refractivity contribution in [2.45, 2.75) is 70.9 Å². The maximum Gasteiger partial charge on any atom is 0.0127 e. The highest BCUT2D eigenvalue weighted by atomic mass is 15.2. The fourth-order valence-corrected chi connectivity index (χ4v) is 4.31. The molecule has 0 bridgehead atoms. The summed E-state index contributed by atoms with van der Waals surface area (Å²) in [6.07, 6.45) is 10.1. The zero-order valence-electron chi connectivity index (χ0n) is 10.7. The highest BCUT2D eigenvalue weighted by Crippen LogP contribution is 2.45. The fraction of sp³-hybridized carbons (Fsp3) is 1.00. The van der Waals surface area contributed by atoms with Crippen molar-refractivity contribution in [1.29, 1.82) is 0 Å². The minimum Gasteiger partial charge on any atom is -0.300 e. The van der Waals surface area contributed by atoms with Crippen molar-refractivity contribution >= 4 is 0 Å². The predicted molar refractivity (Wildman–Crippen MR) is 66.0 cm³/mol. The summed E-state index contributed by atoms with van der Waals surface area (Å²) in [5.41, 5.74) is 0. The van der Waals surface area contributed by atoms with Gasteiger partial charge in [0.1, 0.15) is 0 Å². The molecular formula is C14H27N. The smallest absolute Gasteiger partial charge is 0.0127 e. The molecule has 15 heavy (non-hydrogen) atoms. The van der Waals surface area contributed by atoms with Crippen molar-refractivity contribution < 1.29 is 0 Å². The molecule has 4 unspecified atom stereocenters. The average molecular weight is 209 g/mol. The number of likely N-dealkylation sites (tertiary alicyclic amines) is 1. The van der Waals surface area contributed by atoms with E-state index in [0.29, 0.717) is 0 Å². The molecule has 1 saturated heterocycles. The van der Waals surface area contributed by atoms with Crippen LogP contribution >= 0.6 is 0 Å². The molecule has 1 aliphatic heterocycles. The van der Waals surface area contributed by atoms with Crippen LogP contribution in [0.5, 0.6) is 0 Å². The molecule has 0 aromatic rings. The lowest BCUT2D eigenvalue weighted by atomic mass is 9.76. The molecule has 2 aliphatic rings. The van der Waals surface area contributed by atoms with E-state index in [9.17, 15) is 0 Å². The van der Waals surface area contributed by atoms with E-state index in [2.05, 4.69) is 25.8 Å².